The minimum absolute atomic E-state index is 0.0865. The zero-order valence-corrected chi connectivity index (χ0v) is 15.6. The Hall–Kier alpha value is -2.40. The van der Waals surface area contributed by atoms with Crippen LogP contribution in [0.5, 0.6) is 0 Å². The number of aromatic nitrogens is 2. The molecule has 0 spiro atoms. The molecule has 0 fully saturated rings. The molecule has 4 nitrogen and oxygen atoms in total. The number of amides is 1. The second-order valence-corrected chi connectivity index (χ2v) is 7.53. The minimum Gasteiger partial charge on any atom is -0.351 e. The van der Waals surface area contributed by atoms with Crippen molar-refractivity contribution < 1.29 is 4.79 Å². The molecule has 0 radical (unpaired) electrons. The standard InChI is InChI=1S/C20H23N3OS/c1-14(2)10-11-21-20(24)18-13-17(19-5-4-12-25-19)22-23(18)16-8-6-15(3)7-9-16/h4-9,12-14H,10-11H2,1-3H3,(H,21,24). The number of aryl methyl sites for hydroxylation is 1. The summed E-state index contributed by atoms with van der Waals surface area (Å²) in [6.07, 6.45) is 0.961. The van der Waals surface area contributed by atoms with E-state index in [4.69, 9.17) is 0 Å². The zero-order chi connectivity index (χ0) is 17.8. The highest BCUT2D eigenvalue weighted by Gasteiger charge is 2.18. The normalized spacial score (nSPS) is 11.0. The lowest BCUT2D eigenvalue weighted by atomic mass is 10.1. The van der Waals surface area contributed by atoms with E-state index in [2.05, 4.69) is 24.3 Å². The maximum atomic E-state index is 12.7. The van der Waals surface area contributed by atoms with Gasteiger partial charge in [0.05, 0.1) is 10.6 Å². The van der Waals surface area contributed by atoms with Gasteiger partial charge in [-0.05, 0) is 48.9 Å². The van der Waals surface area contributed by atoms with Crippen molar-refractivity contribution in [1.29, 1.82) is 0 Å². The molecule has 25 heavy (non-hydrogen) atoms. The molecule has 3 aromatic rings. The molecule has 0 aliphatic rings. The van der Waals surface area contributed by atoms with Crippen molar-refractivity contribution in [2.45, 2.75) is 27.2 Å². The summed E-state index contributed by atoms with van der Waals surface area (Å²) in [6.45, 7) is 7.02. The molecule has 1 amide bonds. The van der Waals surface area contributed by atoms with E-state index in [0.717, 1.165) is 22.7 Å². The van der Waals surface area contributed by atoms with Crippen LogP contribution in [0.3, 0.4) is 0 Å². The molecule has 1 N–H and O–H groups in total. The Morgan fingerprint density at radius 2 is 2.00 bits per heavy atom. The van der Waals surface area contributed by atoms with Crippen molar-refractivity contribution >= 4 is 17.2 Å². The van der Waals surface area contributed by atoms with Gasteiger partial charge >= 0.3 is 0 Å². The fourth-order valence-electron chi connectivity index (χ4n) is 2.54. The predicted octanol–water partition coefficient (Wildman–Crippen LogP) is 4.69. The maximum Gasteiger partial charge on any atom is 0.270 e. The highest BCUT2D eigenvalue weighted by molar-refractivity contribution is 7.13. The summed E-state index contributed by atoms with van der Waals surface area (Å²) in [6, 6.07) is 13.9. The predicted molar refractivity (Wildman–Crippen MR) is 103 cm³/mol. The van der Waals surface area contributed by atoms with Crippen molar-refractivity contribution in [3.8, 4) is 16.3 Å². The molecule has 0 saturated carbocycles. The Balaban J connectivity index is 1.94. The fourth-order valence-corrected chi connectivity index (χ4v) is 3.22. The lowest BCUT2D eigenvalue weighted by Crippen LogP contribution is -2.27. The van der Waals surface area contributed by atoms with Crippen LogP contribution in [-0.4, -0.2) is 22.2 Å². The maximum absolute atomic E-state index is 12.7. The molecule has 0 aliphatic carbocycles. The fraction of sp³-hybridized carbons (Fsp3) is 0.300. The second kappa shape index (κ2) is 7.66. The Morgan fingerprint density at radius 3 is 2.64 bits per heavy atom. The van der Waals surface area contributed by atoms with Gasteiger partial charge in [0.1, 0.15) is 11.4 Å². The molecule has 2 heterocycles. The topological polar surface area (TPSA) is 46.9 Å². The zero-order valence-electron chi connectivity index (χ0n) is 14.8. The number of carbonyl (C=O) groups is 1. The number of nitrogens with zero attached hydrogens (tertiary/aromatic N) is 2. The van der Waals surface area contributed by atoms with Gasteiger partial charge in [0.2, 0.25) is 0 Å². The van der Waals surface area contributed by atoms with Crippen molar-refractivity contribution in [2.75, 3.05) is 6.54 Å². The van der Waals surface area contributed by atoms with Crippen molar-refractivity contribution in [3.05, 3.63) is 59.1 Å². The Morgan fingerprint density at radius 1 is 1.24 bits per heavy atom. The number of thiophene rings is 1. The van der Waals surface area contributed by atoms with E-state index in [0.29, 0.717) is 18.2 Å². The van der Waals surface area contributed by atoms with E-state index < -0.39 is 0 Å². The lowest BCUT2D eigenvalue weighted by Gasteiger charge is -2.09. The largest absolute Gasteiger partial charge is 0.351 e. The van der Waals surface area contributed by atoms with Gasteiger partial charge in [-0.15, -0.1) is 11.3 Å². The Kier molecular flexibility index (Phi) is 5.34. The molecular weight excluding hydrogens is 330 g/mol. The molecular formula is C20H23N3OS. The van der Waals surface area contributed by atoms with Crippen LogP contribution in [0.1, 0.15) is 36.3 Å². The van der Waals surface area contributed by atoms with Crippen LogP contribution in [0.15, 0.2) is 47.8 Å². The van der Waals surface area contributed by atoms with E-state index >= 15 is 0 Å². The van der Waals surface area contributed by atoms with E-state index in [-0.39, 0.29) is 5.91 Å². The van der Waals surface area contributed by atoms with E-state index in [1.165, 1.54) is 5.56 Å². The first-order valence-corrected chi connectivity index (χ1v) is 9.41. The van der Waals surface area contributed by atoms with Crippen LogP contribution in [0.2, 0.25) is 0 Å². The molecule has 0 bridgehead atoms. The molecule has 0 atom stereocenters. The third kappa shape index (κ3) is 4.17. The van der Waals surface area contributed by atoms with Crippen LogP contribution >= 0.6 is 11.3 Å². The van der Waals surface area contributed by atoms with Crippen LogP contribution in [0.25, 0.3) is 16.3 Å². The minimum atomic E-state index is -0.0865. The SMILES string of the molecule is Cc1ccc(-n2nc(-c3cccs3)cc2C(=O)NCCC(C)C)cc1. The van der Waals surface area contributed by atoms with Crippen molar-refractivity contribution in [3.63, 3.8) is 0 Å². The highest BCUT2D eigenvalue weighted by Crippen LogP contribution is 2.26. The average molecular weight is 353 g/mol. The lowest BCUT2D eigenvalue weighted by molar-refractivity contribution is 0.0944. The van der Waals surface area contributed by atoms with Gasteiger partial charge in [0, 0.05) is 6.54 Å². The van der Waals surface area contributed by atoms with Crippen molar-refractivity contribution in [2.24, 2.45) is 5.92 Å². The van der Waals surface area contributed by atoms with Crippen LogP contribution in [0.4, 0.5) is 0 Å². The first kappa shape index (κ1) is 17.4. The Labute approximate surface area is 152 Å². The third-order valence-electron chi connectivity index (χ3n) is 4.00. The number of rotatable bonds is 6. The van der Waals surface area contributed by atoms with Gasteiger partial charge in [-0.25, -0.2) is 4.68 Å². The van der Waals surface area contributed by atoms with E-state index in [1.807, 2.05) is 54.8 Å². The van der Waals surface area contributed by atoms with Gasteiger partial charge < -0.3 is 5.32 Å². The molecule has 2 aromatic heterocycles. The van der Waals surface area contributed by atoms with Crippen LogP contribution < -0.4 is 5.32 Å². The van der Waals surface area contributed by atoms with Gasteiger partial charge in [0.25, 0.3) is 5.91 Å². The summed E-state index contributed by atoms with van der Waals surface area (Å²) in [7, 11) is 0. The second-order valence-electron chi connectivity index (χ2n) is 6.58. The summed E-state index contributed by atoms with van der Waals surface area (Å²) < 4.78 is 1.74. The van der Waals surface area contributed by atoms with Crippen LogP contribution in [0, 0.1) is 12.8 Å². The summed E-state index contributed by atoms with van der Waals surface area (Å²) in [5.41, 5.74) is 3.46. The number of hydrogen-bond donors (Lipinski definition) is 1. The smallest absolute Gasteiger partial charge is 0.270 e. The number of benzene rings is 1. The molecule has 130 valence electrons. The Bertz CT molecular complexity index is 832. The van der Waals surface area contributed by atoms with E-state index in [1.54, 1.807) is 16.0 Å². The summed E-state index contributed by atoms with van der Waals surface area (Å²) in [5.74, 6) is 0.473. The van der Waals surface area contributed by atoms with E-state index in [9.17, 15) is 4.79 Å². The summed E-state index contributed by atoms with van der Waals surface area (Å²) >= 11 is 1.62. The van der Waals surface area contributed by atoms with Gasteiger partial charge in [-0.3, -0.25) is 4.79 Å². The third-order valence-corrected chi connectivity index (χ3v) is 4.89. The summed E-state index contributed by atoms with van der Waals surface area (Å²) in [4.78, 5) is 13.8. The monoisotopic (exact) mass is 353 g/mol. The van der Waals surface area contributed by atoms with Gasteiger partial charge in [0.15, 0.2) is 0 Å². The molecule has 3 rings (SSSR count). The molecule has 0 unspecified atom stereocenters. The number of carbonyl (C=O) groups excluding carboxylic acids is 1. The first-order valence-electron chi connectivity index (χ1n) is 8.54. The molecule has 0 aliphatic heterocycles. The summed E-state index contributed by atoms with van der Waals surface area (Å²) in [5, 5.41) is 9.71. The van der Waals surface area contributed by atoms with Gasteiger partial charge in [-0.1, -0.05) is 37.6 Å². The van der Waals surface area contributed by atoms with Crippen LogP contribution in [-0.2, 0) is 0 Å². The van der Waals surface area contributed by atoms with Crippen molar-refractivity contribution in [1.82, 2.24) is 15.1 Å². The molecule has 0 saturated heterocycles. The number of nitrogens with one attached hydrogen (secondary N) is 1. The molecule has 5 heteroatoms. The molecule has 1 aromatic carbocycles. The first-order chi connectivity index (χ1) is 12.0. The average Bonchev–Trinajstić information content (AvgIpc) is 3.24. The number of hydrogen-bond acceptors (Lipinski definition) is 3. The highest BCUT2D eigenvalue weighted by atomic mass is 32.1. The quantitative estimate of drug-likeness (QED) is 0.699. The van der Waals surface area contributed by atoms with Gasteiger partial charge in [-0.2, -0.15) is 5.10 Å².